The summed E-state index contributed by atoms with van der Waals surface area (Å²) in [7, 11) is 0. The molecule has 26 nitrogen and oxygen atoms in total. The third-order valence-electron chi connectivity index (χ3n) is 9.14. The number of nitrogens with two attached hydrogens (primary N) is 2. The monoisotopic (exact) mass is 880 g/mol. The second-order valence-electron chi connectivity index (χ2n) is 14.0. The largest absolute Gasteiger partial charge is 0.481 e. The van der Waals surface area contributed by atoms with E-state index < -0.39 is 171 Å². The van der Waals surface area contributed by atoms with Crippen molar-refractivity contribution in [3.63, 3.8) is 0 Å². The van der Waals surface area contributed by atoms with Crippen molar-refractivity contribution in [2.45, 2.75) is 99.9 Å². The Kier molecular flexibility index (Phi) is 21.5. The summed E-state index contributed by atoms with van der Waals surface area (Å²) in [6.45, 7) is -2.54. The summed E-state index contributed by atoms with van der Waals surface area (Å²) in [5, 5.41) is 58.3. The fraction of sp³-hybridized carbons (Fsp3) is 0.528. The number of carboxylic acids is 1. The molecule has 2 rings (SSSR count). The van der Waals surface area contributed by atoms with Gasteiger partial charge in [-0.2, -0.15) is 0 Å². The molecular formula is C36H52N10O16. The van der Waals surface area contributed by atoms with Crippen LogP contribution in [-0.4, -0.2) is 164 Å². The van der Waals surface area contributed by atoms with Gasteiger partial charge in [-0.1, -0.05) is 30.3 Å². The summed E-state index contributed by atoms with van der Waals surface area (Å²) >= 11 is 0. The molecule has 1 aromatic rings. The number of carboxylic acid groups (broad SMARTS) is 1. The lowest BCUT2D eigenvalue weighted by atomic mass is 9.98. The molecule has 0 radical (unpaired) electrons. The number of ketones is 4. The highest BCUT2D eigenvalue weighted by Crippen LogP contribution is 2.09. The van der Waals surface area contributed by atoms with Crippen molar-refractivity contribution in [1.82, 2.24) is 43.0 Å². The quantitative estimate of drug-likeness (QED) is 0.0772. The van der Waals surface area contributed by atoms with Crippen LogP contribution >= 0.6 is 0 Å². The molecule has 17 N–H and O–H groups in total. The highest BCUT2D eigenvalue weighted by molar-refractivity contribution is 6.42. The molecule has 6 amide bonds. The van der Waals surface area contributed by atoms with Crippen LogP contribution in [-0.2, 0) is 59.2 Å². The molecule has 0 saturated carbocycles. The maximum Gasteiger partial charge on any atom is 0.303 e. The number of hydrogen-bond donors (Lipinski definition) is 15. The lowest BCUT2D eigenvalue weighted by molar-refractivity contribution is -0.143. The smallest absolute Gasteiger partial charge is 0.303 e. The number of aliphatic carboxylic acids is 1. The summed E-state index contributed by atoms with van der Waals surface area (Å²) < 4.78 is 0. The zero-order valence-corrected chi connectivity index (χ0v) is 33.3. The first-order chi connectivity index (χ1) is 29.2. The van der Waals surface area contributed by atoms with Crippen molar-refractivity contribution in [1.29, 1.82) is 0 Å². The van der Waals surface area contributed by atoms with Crippen LogP contribution in [0.3, 0.4) is 0 Å². The molecule has 1 heterocycles. The molecule has 0 bridgehead atoms. The Morgan fingerprint density at radius 1 is 0.565 bits per heavy atom. The van der Waals surface area contributed by atoms with E-state index in [1.807, 2.05) is 5.32 Å². The molecule has 1 aliphatic heterocycles. The predicted molar refractivity (Wildman–Crippen MR) is 208 cm³/mol. The number of aliphatic hydroxyl groups is 4. The molecule has 1 aliphatic rings. The van der Waals surface area contributed by atoms with Gasteiger partial charge in [0.15, 0.2) is 0 Å². The van der Waals surface area contributed by atoms with E-state index in [-0.39, 0.29) is 6.42 Å². The minimum Gasteiger partial charge on any atom is -0.481 e. The van der Waals surface area contributed by atoms with Crippen LogP contribution in [0.1, 0.15) is 44.6 Å². The number of carbonyl (C=O) groups excluding carboxylic acids is 10. The van der Waals surface area contributed by atoms with Crippen LogP contribution in [0, 0.1) is 0 Å². The minimum atomic E-state index is -2.11. The number of aliphatic hydroxyl groups excluding tert-OH is 4. The van der Waals surface area contributed by atoms with Gasteiger partial charge in [0.2, 0.25) is 58.6 Å². The Morgan fingerprint density at radius 3 is 1.50 bits per heavy atom. The number of rotatable bonds is 14. The average molecular weight is 881 g/mol. The van der Waals surface area contributed by atoms with Gasteiger partial charge in [0.1, 0.15) is 42.3 Å². The molecule has 62 heavy (non-hydrogen) atoms. The van der Waals surface area contributed by atoms with E-state index in [4.69, 9.17) is 11.5 Å². The van der Waals surface area contributed by atoms with Crippen LogP contribution in [0.2, 0.25) is 0 Å². The van der Waals surface area contributed by atoms with E-state index in [9.17, 15) is 78.3 Å². The molecule has 1 fully saturated rings. The zero-order chi connectivity index (χ0) is 46.7. The maximum absolute atomic E-state index is 13.8. The van der Waals surface area contributed by atoms with Gasteiger partial charge in [-0.25, -0.2) is 21.7 Å². The van der Waals surface area contributed by atoms with Crippen LogP contribution in [0.4, 0.5) is 0 Å². The first kappa shape index (κ1) is 52.0. The van der Waals surface area contributed by atoms with Crippen LogP contribution in [0.25, 0.3) is 0 Å². The first-order valence-electron chi connectivity index (χ1n) is 19.0. The third kappa shape index (κ3) is 16.4. The number of primary amides is 2. The molecule has 2 unspecified atom stereocenters. The number of Topliss-reactive ketones (excluding diaryl/α,β-unsaturated/α-hetero) is 4. The van der Waals surface area contributed by atoms with Gasteiger partial charge in [-0.3, -0.25) is 52.7 Å². The second-order valence-corrected chi connectivity index (χ2v) is 14.0. The fourth-order valence-electron chi connectivity index (χ4n) is 5.70. The molecular weight excluding hydrogens is 828 g/mol. The van der Waals surface area contributed by atoms with Gasteiger partial charge in [-0.05, 0) is 31.7 Å². The van der Waals surface area contributed by atoms with Crippen molar-refractivity contribution in [2.75, 3.05) is 19.8 Å². The number of nitrogens with one attached hydrogen (secondary N) is 8. The molecule has 1 aromatic carbocycles. The van der Waals surface area contributed by atoms with Gasteiger partial charge in [-0.15, -0.1) is 0 Å². The molecule has 0 aromatic heterocycles. The van der Waals surface area contributed by atoms with Crippen molar-refractivity contribution in [3.05, 3.63) is 35.9 Å². The SMILES string of the molecule is C[C@@H](O)[C@@H]1NC(=O)[C@H](CO)NN[C@@H](CCC(=O)O)C(=O)C(=O)[C@H](CO)NC(=O)[C@H](Cc2ccccc2)NNC(CCC(N)=O)C(=O)NC(CO)C(=O)C(=O)[C@H](CC(N)=O)NC1=O. The standard InChI is InChI=1S/C36H52N10O16/c1-16(50)28-36(62)39-20(12-26(38)52)30(56)32(58)23(14-48)40-33(59)19(7-9-25(37)51)44-45-21(11-17-5-3-2-4-6-17)34(60)41-22(13-47)31(57)29(55)18(8-10-27(53)54)43-46-24(15-49)35(61)42-28/h2-6,16,18-24,28,43-50H,7-15H2,1H3,(H2,37,51)(H2,38,52)(H,39,62)(H,40,59)(H,41,60)(H,42,61)(H,53,54)/t16-,18+,19?,20+,21+,22+,23?,24+,28+/m1/s1. The number of carbonyl (C=O) groups is 11. The molecule has 26 heteroatoms. The van der Waals surface area contributed by atoms with E-state index >= 15 is 0 Å². The summed E-state index contributed by atoms with van der Waals surface area (Å²) in [6, 6.07) is -6.80. The summed E-state index contributed by atoms with van der Waals surface area (Å²) in [6.07, 6.45) is -5.37. The van der Waals surface area contributed by atoms with E-state index in [1.54, 1.807) is 30.3 Å². The second kappa shape index (κ2) is 25.6. The Bertz CT molecular complexity index is 1820. The lowest BCUT2D eigenvalue weighted by Gasteiger charge is -2.28. The maximum atomic E-state index is 13.8. The van der Waals surface area contributed by atoms with E-state index in [0.29, 0.717) is 5.56 Å². The Labute approximate surface area is 352 Å². The van der Waals surface area contributed by atoms with Gasteiger partial charge >= 0.3 is 5.97 Å². The molecule has 1 saturated heterocycles. The van der Waals surface area contributed by atoms with Crippen LogP contribution in [0.5, 0.6) is 0 Å². The van der Waals surface area contributed by atoms with Crippen LogP contribution in [0.15, 0.2) is 30.3 Å². The van der Waals surface area contributed by atoms with Crippen molar-refractivity contribution in [2.24, 2.45) is 11.5 Å². The number of hydrazine groups is 2. The van der Waals surface area contributed by atoms with Gasteiger partial charge in [0, 0.05) is 12.8 Å². The van der Waals surface area contributed by atoms with Gasteiger partial charge < -0.3 is 58.3 Å². The van der Waals surface area contributed by atoms with E-state index in [1.165, 1.54) is 0 Å². The third-order valence-corrected chi connectivity index (χ3v) is 9.14. The number of amides is 6. The average Bonchev–Trinajstić information content (AvgIpc) is 3.22. The zero-order valence-electron chi connectivity index (χ0n) is 33.3. The highest BCUT2D eigenvalue weighted by atomic mass is 16.4. The molecule has 9 atom stereocenters. The topological polar surface area (TPSA) is 437 Å². The van der Waals surface area contributed by atoms with Crippen molar-refractivity contribution >= 4 is 64.5 Å². The summed E-state index contributed by atoms with van der Waals surface area (Å²) in [5.41, 5.74) is 20.6. The highest BCUT2D eigenvalue weighted by Gasteiger charge is 2.39. The van der Waals surface area contributed by atoms with Crippen LogP contribution < -0.4 is 54.4 Å². The summed E-state index contributed by atoms with van der Waals surface area (Å²) in [5.74, 6) is -14.6. The van der Waals surface area contributed by atoms with Gasteiger partial charge in [0.05, 0.1) is 38.4 Å². The lowest BCUT2D eigenvalue weighted by Crippen LogP contribution is -2.64. The van der Waals surface area contributed by atoms with Crippen molar-refractivity contribution < 1.29 is 78.3 Å². The molecule has 342 valence electrons. The Hall–Kier alpha value is -6.13. The van der Waals surface area contributed by atoms with E-state index in [2.05, 4.69) is 37.7 Å². The minimum absolute atomic E-state index is 0.212. The predicted octanol–water partition coefficient (Wildman–Crippen LogP) is -8.52. The number of benzene rings is 1. The normalized spacial score (nSPS) is 26.3. The number of hydrogen-bond acceptors (Lipinski definition) is 19. The summed E-state index contributed by atoms with van der Waals surface area (Å²) in [4.78, 5) is 143. The van der Waals surface area contributed by atoms with Crippen molar-refractivity contribution in [3.8, 4) is 0 Å². The molecule has 0 spiro atoms. The Morgan fingerprint density at radius 2 is 1.00 bits per heavy atom. The fourth-order valence-corrected chi connectivity index (χ4v) is 5.70. The van der Waals surface area contributed by atoms with E-state index in [0.717, 1.165) is 6.92 Å². The first-order valence-corrected chi connectivity index (χ1v) is 19.0. The van der Waals surface area contributed by atoms with Gasteiger partial charge in [0.25, 0.3) is 0 Å². The molecule has 0 aliphatic carbocycles. The Balaban J connectivity index is 2.72.